The van der Waals surface area contributed by atoms with E-state index in [1.165, 1.54) is 12.1 Å². The van der Waals surface area contributed by atoms with E-state index in [4.69, 9.17) is 0 Å². The van der Waals surface area contributed by atoms with Crippen LogP contribution in [-0.4, -0.2) is 36.9 Å². The van der Waals surface area contributed by atoms with E-state index in [9.17, 15) is 14.0 Å². The number of hydrogen-bond acceptors (Lipinski definition) is 2. The van der Waals surface area contributed by atoms with Crippen molar-refractivity contribution in [3.05, 3.63) is 35.6 Å². The minimum Gasteiger partial charge on any atom is -0.359 e. The molecule has 0 aliphatic carbocycles. The van der Waals surface area contributed by atoms with Crippen molar-refractivity contribution in [3.63, 3.8) is 0 Å². The number of nitrogens with zero attached hydrogens (tertiary/aromatic N) is 1. The number of nitrogens with one attached hydrogen (secondary N) is 1. The van der Waals surface area contributed by atoms with Crippen LogP contribution >= 0.6 is 0 Å². The van der Waals surface area contributed by atoms with Gasteiger partial charge in [-0.1, -0.05) is 12.1 Å². The summed E-state index contributed by atoms with van der Waals surface area (Å²) in [5, 5.41) is 2.63. The number of piperidine rings is 1. The number of rotatable bonds is 3. The van der Waals surface area contributed by atoms with Crippen molar-refractivity contribution < 1.29 is 14.0 Å². The van der Waals surface area contributed by atoms with E-state index < -0.39 is 0 Å². The van der Waals surface area contributed by atoms with Crippen LogP contribution in [0, 0.1) is 11.7 Å². The van der Waals surface area contributed by atoms with Gasteiger partial charge >= 0.3 is 0 Å². The second-order valence-corrected chi connectivity index (χ2v) is 5.10. The molecule has 1 aromatic carbocycles. The molecule has 5 heteroatoms. The summed E-state index contributed by atoms with van der Waals surface area (Å²) in [6.07, 6.45) is 1.91. The zero-order valence-electron chi connectivity index (χ0n) is 11.6. The molecule has 0 radical (unpaired) electrons. The van der Waals surface area contributed by atoms with Crippen LogP contribution in [0.15, 0.2) is 24.3 Å². The SMILES string of the molecule is CNC(=O)[C@H]1CCCN(C(=O)Cc2ccc(F)cc2)C1. The third kappa shape index (κ3) is 3.56. The first kappa shape index (κ1) is 14.5. The van der Waals surface area contributed by atoms with E-state index in [2.05, 4.69) is 5.32 Å². The molecule has 20 heavy (non-hydrogen) atoms. The van der Waals surface area contributed by atoms with Crippen LogP contribution in [0.4, 0.5) is 4.39 Å². The molecule has 1 fully saturated rings. The Morgan fingerprint density at radius 1 is 1.35 bits per heavy atom. The highest BCUT2D eigenvalue weighted by Crippen LogP contribution is 2.17. The molecule has 4 nitrogen and oxygen atoms in total. The molecule has 0 unspecified atom stereocenters. The molecule has 1 heterocycles. The molecule has 1 atom stereocenters. The number of carbonyl (C=O) groups is 2. The number of carbonyl (C=O) groups excluding carboxylic acids is 2. The van der Waals surface area contributed by atoms with Crippen LogP contribution in [0.3, 0.4) is 0 Å². The second-order valence-electron chi connectivity index (χ2n) is 5.10. The predicted octanol–water partition coefficient (Wildman–Crippen LogP) is 1.35. The van der Waals surface area contributed by atoms with Gasteiger partial charge in [-0.2, -0.15) is 0 Å². The summed E-state index contributed by atoms with van der Waals surface area (Å²) in [6.45, 7) is 1.16. The normalized spacial score (nSPS) is 18.7. The highest BCUT2D eigenvalue weighted by molar-refractivity contribution is 5.82. The summed E-state index contributed by atoms with van der Waals surface area (Å²) in [4.78, 5) is 25.6. The summed E-state index contributed by atoms with van der Waals surface area (Å²) in [5.41, 5.74) is 0.790. The van der Waals surface area contributed by atoms with Crippen molar-refractivity contribution in [3.8, 4) is 0 Å². The number of halogens is 1. The van der Waals surface area contributed by atoms with Gasteiger partial charge in [0.2, 0.25) is 11.8 Å². The maximum atomic E-state index is 12.8. The van der Waals surface area contributed by atoms with Crippen molar-refractivity contribution in [1.82, 2.24) is 10.2 Å². The monoisotopic (exact) mass is 278 g/mol. The van der Waals surface area contributed by atoms with E-state index in [1.807, 2.05) is 0 Å². The summed E-state index contributed by atoms with van der Waals surface area (Å²) < 4.78 is 12.8. The molecule has 1 aromatic rings. The van der Waals surface area contributed by atoms with Gasteiger partial charge in [-0.05, 0) is 30.5 Å². The average molecular weight is 278 g/mol. The van der Waals surface area contributed by atoms with Gasteiger partial charge in [0, 0.05) is 20.1 Å². The smallest absolute Gasteiger partial charge is 0.227 e. The Morgan fingerprint density at radius 3 is 2.70 bits per heavy atom. The summed E-state index contributed by atoms with van der Waals surface area (Å²) in [7, 11) is 1.61. The lowest BCUT2D eigenvalue weighted by molar-refractivity contribution is -0.135. The number of benzene rings is 1. The molecule has 1 aliphatic heterocycles. The molecule has 108 valence electrons. The Labute approximate surface area is 118 Å². The molecule has 1 aliphatic rings. The van der Waals surface area contributed by atoms with E-state index in [-0.39, 0.29) is 30.0 Å². The zero-order chi connectivity index (χ0) is 14.5. The maximum absolute atomic E-state index is 12.8. The Morgan fingerprint density at radius 2 is 2.05 bits per heavy atom. The quantitative estimate of drug-likeness (QED) is 0.907. The third-order valence-corrected chi connectivity index (χ3v) is 3.66. The molecule has 0 saturated carbocycles. The van der Waals surface area contributed by atoms with Crippen LogP contribution in [-0.2, 0) is 16.0 Å². The first-order valence-electron chi connectivity index (χ1n) is 6.84. The Bertz CT molecular complexity index is 487. The lowest BCUT2D eigenvalue weighted by Crippen LogP contribution is -2.45. The van der Waals surface area contributed by atoms with Gasteiger partial charge in [-0.3, -0.25) is 9.59 Å². The number of likely N-dealkylation sites (tertiary alicyclic amines) is 1. The van der Waals surface area contributed by atoms with E-state index in [1.54, 1.807) is 24.1 Å². The van der Waals surface area contributed by atoms with Crippen molar-refractivity contribution in [2.45, 2.75) is 19.3 Å². The van der Waals surface area contributed by atoms with Gasteiger partial charge in [-0.25, -0.2) is 4.39 Å². The van der Waals surface area contributed by atoms with Gasteiger partial charge in [0.05, 0.1) is 12.3 Å². The first-order valence-corrected chi connectivity index (χ1v) is 6.84. The first-order chi connectivity index (χ1) is 9.60. The van der Waals surface area contributed by atoms with Crippen LogP contribution in [0.2, 0.25) is 0 Å². The van der Waals surface area contributed by atoms with Crippen molar-refractivity contribution >= 4 is 11.8 Å². The van der Waals surface area contributed by atoms with Crippen LogP contribution < -0.4 is 5.32 Å². The Hall–Kier alpha value is -1.91. The van der Waals surface area contributed by atoms with Gasteiger partial charge in [0.1, 0.15) is 5.82 Å². The van der Waals surface area contributed by atoms with Gasteiger partial charge in [0.25, 0.3) is 0 Å². The Balaban J connectivity index is 1.95. The van der Waals surface area contributed by atoms with Crippen molar-refractivity contribution in [2.75, 3.05) is 20.1 Å². The largest absolute Gasteiger partial charge is 0.359 e. The average Bonchev–Trinajstić information content (AvgIpc) is 2.49. The summed E-state index contributed by atoms with van der Waals surface area (Å²) >= 11 is 0. The van der Waals surface area contributed by atoms with E-state index in [0.717, 1.165) is 18.4 Å². The number of amides is 2. The molecular weight excluding hydrogens is 259 g/mol. The minimum absolute atomic E-state index is 0.00906. The fraction of sp³-hybridized carbons (Fsp3) is 0.467. The van der Waals surface area contributed by atoms with E-state index >= 15 is 0 Å². The molecule has 1 saturated heterocycles. The lowest BCUT2D eigenvalue weighted by Gasteiger charge is -2.32. The van der Waals surface area contributed by atoms with Crippen molar-refractivity contribution in [1.29, 1.82) is 0 Å². The fourth-order valence-electron chi connectivity index (χ4n) is 2.51. The zero-order valence-corrected chi connectivity index (χ0v) is 11.6. The highest BCUT2D eigenvalue weighted by atomic mass is 19.1. The molecule has 0 aromatic heterocycles. The summed E-state index contributed by atoms with van der Waals surface area (Å²) in [6, 6.07) is 5.94. The van der Waals surface area contributed by atoms with Crippen LogP contribution in [0.25, 0.3) is 0 Å². The van der Waals surface area contributed by atoms with Gasteiger partial charge in [-0.15, -0.1) is 0 Å². The fourth-order valence-corrected chi connectivity index (χ4v) is 2.51. The lowest BCUT2D eigenvalue weighted by atomic mass is 9.96. The van der Waals surface area contributed by atoms with Gasteiger partial charge < -0.3 is 10.2 Å². The molecule has 0 bridgehead atoms. The highest BCUT2D eigenvalue weighted by Gasteiger charge is 2.27. The standard InChI is InChI=1S/C15H19FN2O2/c1-17-15(20)12-3-2-8-18(10-12)14(19)9-11-4-6-13(16)7-5-11/h4-7,12H,2-3,8-10H2,1H3,(H,17,20)/t12-/m0/s1. The minimum atomic E-state index is -0.307. The second kappa shape index (κ2) is 6.50. The van der Waals surface area contributed by atoms with Gasteiger partial charge in [0.15, 0.2) is 0 Å². The third-order valence-electron chi connectivity index (χ3n) is 3.66. The summed E-state index contributed by atoms with van der Waals surface area (Å²) in [5.74, 6) is -0.445. The number of hydrogen-bond donors (Lipinski definition) is 1. The topological polar surface area (TPSA) is 49.4 Å². The molecular formula is C15H19FN2O2. The van der Waals surface area contributed by atoms with E-state index in [0.29, 0.717) is 13.1 Å². The molecule has 0 spiro atoms. The predicted molar refractivity (Wildman–Crippen MR) is 73.5 cm³/mol. The maximum Gasteiger partial charge on any atom is 0.227 e. The molecule has 1 N–H and O–H groups in total. The Kier molecular flexibility index (Phi) is 4.71. The van der Waals surface area contributed by atoms with Crippen molar-refractivity contribution in [2.24, 2.45) is 5.92 Å². The molecule has 2 rings (SSSR count). The molecule has 2 amide bonds. The van der Waals surface area contributed by atoms with Crippen LogP contribution in [0.5, 0.6) is 0 Å². The van der Waals surface area contributed by atoms with Crippen LogP contribution in [0.1, 0.15) is 18.4 Å².